The maximum Gasteiger partial charge on any atom is 0.410 e. The maximum atomic E-state index is 12.9. The largest absolute Gasteiger partial charge is 0.445 e. The molecule has 4 rings (SSSR count). The number of ether oxygens (including phenoxy) is 1. The van der Waals surface area contributed by atoms with Crippen molar-refractivity contribution in [3.8, 4) is 0 Å². The Kier molecular flexibility index (Phi) is 5.09. The number of carbonyl (C=O) groups excluding carboxylic acids is 2. The number of nitrogens with zero attached hydrogens (tertiary/aromatic N) is 4. The topological polar surface area (TPSA) is 67.7 Å². The molecule has 0 N–H and O–H groups in total. The second-order valence-corrected chi connectivity index (χ2v) is 7.00. The number of aryl methyl sites for hydroxylation is 1. The number of carbonyl (C=O) groups is 2. The molecule has 0 aliphatic carbocycles. The second kappa shape index (κ2) is 7.82. The summed E-state index contributed by atoms with van der Waals surface area (Å²) in [6.45, 7) is 3.17. The summed E-state index contributed by atoms with van der Waals surface area (Å²) in [5.41, 5.74) is 2.73. The van der Waals surface area contributed by atoms with Gasteiger partial charge in [-0.05, 0) is 24.8 Å². The maximum absolute atomic E-state index is 12.9. The number of aromatic nitrogens is 2. The molecule has 0 spiro atoms. The molecule has 0 saturated carbocycles. The van der Waals surface area contributed by atoms with Gasteiger partial charge < -0.3 is 14.5 Å². The molecule has 2 amide bonds. The van der Waals surface area contributed by atoms with E-state index in [1.807, 2.05) is 39.9 Å². The van der Waals surface area contributed by atoms with Gasteiger partial charge in [0.15, 0.2) is 0 Å². The molecule has 2 aliphatic rings. The third-order valence-corrected chi connectivity index (χ3v) is 5.24. The minimum atomic E-state index is -0.325. The zero-order valence-electron chi connectivity index (χ0n) is 15.3. The summed E-state index contributed by atoms with van der Waals surface area (Å²) in [6.07, 6.45) is 4.50. The van der Waals surface area contributed by atoms with Crippen LogP contribution in [-0.4, -0.2) is 57.8 Å². The molecule has 1 saturated heterocycles. The zero-order chi connectivity index (χ0) is 18.6. The van der Waals surface area contributed by atoms with E-state index in [0.29, 0.717) is 26.2 Å². The molecule has 2 aromatic rings. The molecule has 142 valence electrons. The van der Waals surface area contributed by atoms with E-state index in [1.54, 1.807) is 11.1 Å². The Morgan fingerprint density at radius 2 is 1.70 bits per heavy atom. The predicted octanol–water partition coefficient (Wildman–Crippen LogP) is 2.31. The van der Waals surface area contributed by atoms with Crippen molar-refractivity contribution in [3.05, 3.63) is 53.3 Å². The molecule has 1 aromatic heterocycles. The molecular weight excluding hydrogens is 344 g/mol. The number of hydrogen-bond donors (Lipinski definition) is 0. The standard InChI is InChI=1S/C20H24N4O3/c25-19(17-14-21-24-9-5-4-8-18(17)24)22-10-12-23(13-11-22)20(26)27-15-16-6-2-1-3-7-16/h1-3,6-7,14H,4-5,8-13,15H2. The Balaban J connectivity index is 1.30. The zero-order valence-corrected chi connectivity index (χ0v) is 15.3. The monoisotopic (exact) mass is 368 g/mol. The van der Waals surface area contributed by atoms with Crippen LogP contribution >= 0.6 is 0 Å². The number of rotatable bonds is 3. The highest BCUT2D eigenvalue weighted by molar-refractivity contribution is 5.95. The van der Waals surface area contributed by atoms with E-state index < -0.39 is 0 Å². The predicted molar refractivity (Wildman–Crippen MR) is 99.3 cm³/mol. The minimum Gasteiger partial charge on any atom is -0.445 e. The van der Waals surface area contributed by atoms with Crippen LogP contribution in [0.5, 0.6) is 0 Å². The van der Waals surface area contributed by atoms with Crippen molar-refractivity contribution in [1.82, 2.24) is 19.6 Å². The molecule has 7 heteroatoms. The van der Waals surface area contributed by atoms with Gasteiger partial charge in [-0.15, -0.1) is 0 Å². The van der Waals surface area contributed by atoms with Crippen molar-refractivity contribution in [2.24, 2.45) is 0 Å². The van der Waals surface area contributed by atoms with Gasteiger partial charge in [-0.3, -0.25) is 9.48 Å². The smallest absolute Gasteiger partial charge is 0.410 e. The van der Waals surface area contributed by atoms with E-state index in [-0.39, 0.29) is 18.6 Å². The highest BCUT2D eigenvalue weighted by Crippen LogP contribution is 2.20. The molecule has 1 fully saturated rings. The van der Waals surface area contributed by atoms with Crippen LogP contribution in [0.4, 0.5) is 4.79 Å². The van der Waals surface area contributed by atoms with E-state index in [9.17, 15) is 9.59 Å². The van der Waals surface area contributed by atoms with Gasteiger partial charge >= 0.3 is 6.09 Å². The van der Waals surface area contributed by atoms with Gasteiger partial charge in [-0.2, -0.15) is 5.10 Å². The molecular formula is C20H24N4O3. The van der Waals surface area contributed by atoms with E-state index in [4.69, 9.17) is 4.74 Å². The van der Waals surface area contributed by atoms with Crippen molar-refractivity contribution < 1.29 is 14.3 Å². The van der Waals surface area contributed by atoms with Crippen LogP contribution in [0.3, 0.4) is 0 Å². The van der Waals surface area contributed by atoms with Gasteiger partial charge in [0.1, 0.15) is 6.61 Å². The van der Waals surface area contributed by atoms with Crippen LogP contribution in [0.1, 0.15) is 34.5 Å². The highest BCUT2D eigenvalue weighted by atomic mass is 16.6. The Morgan fingerprint density at radius 1 is 0.963 bits per heavy atom. The summed E-state index contributed by atoms with van der Waals surface area (Å²) in [4.78, 5) is 28.6. The summed E-state index contributed by atoms with van der Waals surface area (Å²) >= 11 is 0. The molecule has 0 bridgehead atoms. The molecule has 27 heavy (non-hydrogen) atoms. The van der Waals surface area contributed by atoms with Crippen LogP contribution in [-0.2, 0) is 24.3 Å². The van der Waals surface area contributed by atoms with Crippen LogP contribution in [0.2, 0.25) is 0 Å². The summed E-state index contributed by atoms with van der Waals surface area (Å²) in [6, 6.07) is 9.62. The Hall–Kier alpha value is -2.83. The number of hydrogen-bond acceptors (Lipinski definition) is 4. The number of piperazine rings is 1. The van der Waals surface area contributed by atoms with Gasteiger partial charge in [0.25, 0.3) is 5.91 Å². The Labute approximate surface area is 158 Å². The summed E-state index contributed by atoms with van der Waals surface area (Å²) in [5, 5.41) is 4.35. The third kappa shape index (κ3) is 3.82. The molecule has 0 radical (unpaired) electrons. The molecule has 0 atom stereocenters. The first-order chi connectivity index (χ1) is 13.2. The Bertz CT molecular complexity index is 810. The van der Waals surface area contributed by atoms with E-state index in [2.05, 4.69) is 5.10 Å². The van der Waals surface area contributed by atoms with Crippen molar-refractivity contribution >= 4 is 12.0 Å². The van der Waals surface area contributed by atoms with Gasteiger partial charge in [0.05, 0.1) is 17.5 Å². The lowest BCUT2D eigenvalue weighted by Gasteiger charge is -2.34. The van der Waals surface area contributed by atoms with Crippen molar-refractivity contribution in [3.63, 3.8) is 0 Å². The second-order valence-electron chi connectivity index (χ2n) is 7.00. The number of amides is 2. The molecule has 1 aromatic carbocycles. The molecule has 3 heterocycles. The van der Waals surface area contributed by atoms with Gasteiger partial charge in [-0.25, -0.2) is 4.79 Å². The fraction of sp³-hybridized carbons (Fsp3) is 0.450. The van der Waals surface area contributed by atoms with Gasteiger partial charge in [0.2, 0.25) is 0 Å². The van der Waals surface area contributed by atoms with Crippen LogP contribution in [0.25, 0.3) is 0 Å². The quantitative estimate of drug-likeness (QED) is 0.834. The minimum absolute atomic E-state index is 0.0236. The first kappa shape index (κ1) is 17.6. The highest BCUT2D eigenvalue weighted by Gasteiger charge is 2.28. The summed E-state index contributed by atoms with van der Waals surface area (Å²) in [7, 11) is 0. The number of benzene rings is 1. The lowest BCUT2D eigenvalue weighted by atomic mass is 10.1. The van der Waals surface area contributed by atoms with Crippen molar-refractivity contribution in [2.45, 2.75) is 32.4 Å². The van der Waals surface area contributed by atoms with Crippen LogP contribution < -0.4 is 0 Å². The average Bonchev–Trinajstić information content (AvgIpc) is 3.16. The lowest BCUT2D eigenvalue weighted by molar-refractivity contribution is 0.0542. The average molecular weight is 368 g/mol. The Morgan fingerprint density at radius 3 is 2.48 bits per heavy atom. The van der Waals surface area contributed by atoms with Gasteiger partial charge in [0, 0.05) is 32.7 Å². The van der Waals surface area contributed by atoms with E-state index in [1.165, 1.54) is 0 Å². The molecule has 2 aliphatic heterocycles. The van der Waals surface area contributed by atoms with Gasteiger partial charge in [-0.1, -0.05) is 30.3 Å². The fourth-order valence-electron chi connectivity index (χ4n) is 3.67. The molecule has 0 unspecified atom stereocenters. The summed E-state index contributed by atoms with van der Waals surface area (Å²) < 4.78 is 7.33. The first-order valence-corrected chi connectivity index (χ1v) is 9.52. The normalized spacial score (nSPS) is 16.7. The van der Waals surface area contributed by atoms with Crippen LogP contribution in [0, 0.1) is 0 Å². The van der Waals surface area contributed by atoms with Crippen molar-refractivity contribution in [1.29, 1.82) is 0 Å². The fourth-order valence-corrected chi connectivity index (χ4v) is 3.67. The van der Waals surface area contributed by atoms with Crippen LogP contribution in [0.15, 0.2) is 36.5 Å². The summed E-state index contributed by atoms with van der Waals surface area (Å²) in [5.74, 6) is 0.0236. The van der Waals surface area contributed by atoms with E-state index >= 15 is 0 Å². The molecule has 7 nitrogen and oxygen atoms in total. The number of fused-ring (bicyclic) bond motifs is 1. The third-order valence-electron chi connectivity index (χ3n) is 5.24. The lowest BCUT2D eigenvalue weighted by Crippen LogP contribution is -2.50. The SMILES string of the molecule is O=C(OCc1ccccc1)N1CCN(C(=O)c2cnn3c2CCCC3)CC1. The van der Waals surface area contributed by atoms with E-state index in [0.717, 1.165) is 42.6 Å². The van der Waals surface area contributed by atoms with Crippen molar-refractivity contribution in [2.75, 3.05) is 26.2 Å². The first-order valence-electron chi connectivity index (χ1n) is 9.52.